The fraction of sp³-hybridized carbons (Fsp3) is 0.143. The van der Waals surface area contributed by atoms with Gasteiger partial charge in [-0.15, -0.1) is 11.3 Å². The Bertz CT molecular complexity index is 1110. The van der Waals surface area contributed by atoms with E-state index in [2.05, 4.69) is 5.32 Å². The third kappa shape index (κ3) is 2.64. The summed E-state index contributed by atoms with van der Waals surface area (Å²) in [6, 6.07) is 12.6. The van der Waals surface area contributed by atoms with Gasteiger partial charge in [-0.3, -0.25) is 9.59 Å². The maximum atomic E-state index is 13.6. The Morgan fingerprint density at radius 2 is 1.75 bits per heavy atom. The maximum absolute atomic E-state index is 13.6. The van der Waals surface area contributed by atoms with E-state index in [0.717, 1.165) is 11.3 Å². The predicted octanol–water partition coefficient (Wildman–Crippen LogP) is 5.31. The fourth-order valence-electron chi connectivity index (χ4n) is 3.43. The van der Waals surface area contributed by atoms with Gasteiger partial charge in [0.25, 0.3) is 0 Å². The van der Waals surface area contributed by atoms with Crippen LogP contribution in [0.1, 0.15) is 22.8 Å². The lowest BCUT2D eigenvalue weighted by Crippen LogP contribution is -2.48. The summed E-state index contributed by atoms with van der Waals surface area (Å²) in [5.74, 6) is -0.730. The zero-order valence-electron chi connectivity index (χ0n) is 15.0. The summed E-state index contributed by atoms with van der Waals surface area (Å²) >= 11 is 7.62. The summed E-state index contributed by atoms with van der Waals surface area (Å²) in [5, 5.41) is 3.21. The van der Waals surface area contributed by atoms with E-state index < -0.39 is 17.1 Å². The number of amides is 1. The predicted molar refractivity (Wildman–Crippen MR) is 108 cm³/mol. The molecule has 28 heavy (non-hydrogen) atoms. The summed E-state index contributed by atoms with van der Waals surface area (Å²) in [5.41, 5.74) is 0.444. The first-order chi connectivity index (χ1) is 13.4. The molecule has 1 amide bonds. The molecule has 1 aliphatic rings. The minimum Gasteiger partial charge on any atom is -0.496 e. The number of rotatable bonds is 3. The zero-order valence-corrected chi connectivity index (χ0v) is 16.6. The molecule has 4 nitrogen and oxygen atoms in total. The molecular weight excluding hydrogens is 401 g/mol. The van der Waals surface area contributed by atoms with Gasteiger partial charge in [0.05, 0.1) is 12.7 Å². The molecule has 2 aromatic carbocycles. The quantitative estimate of drug-likeness (QED) is 0.590. The second-order valence-corrected chi connectivity index (χ2v) is 8.19. The van der Waals surface area contributed by atoms with Crippen molar-refractivity contribution in [2.45, 2.75) is 12.3 Å². The van der Waals surface area contributed by atoms with Gasteiger partial charge in [0.1, 0.15) is 26.3 Å². The molecule has 3 aromatic rings. The number of hydrogen-bond acceptors (Lipinski definition) is 4. The third-order valence-corrected chi connectivity index (χ3v) is 6.34. The SMILES string of the molecule is COc1ccccc1-c1c(Cl)sc2c1C(=O)C(C)(c1ccc(F)cc1)C(=O)N2. The molecule has 0 saturated carbocycles. The number of carbonyl (C=O) groups excluding carboxylic acids is 2. The van der Waals surface area contributed by atoms with Gasteiger partial charge in [-0.25, -0.2) is 4.39 Å². The molecule has 0 aliphatic carbocycles. The van der Waals surface area contributed by atoms with E-state index in [4.69, 9.17) is 16.3 Å². The van der Waals surface area contributed by atoms with E-state index in [9.17, 15) is 14.0 Å². The Balaban J connectivity index is 1.94. The first kappa shape index (κ1) is 18.7. The first-order valence-corrected chi connectivity index (χ1v) is 9.65. The number of thiophene rings is 1. The minimum atomic E-state index is -1.50. The standard InChI is InChI=1S/C21H15ClFNO3S/c1-21(11-7-9-12(23)10-8-11)17(25)16-15(13-5-3-4-6-14(13)27-2)18(22)28-19(16)24-20(21)26/h3-10H,1-2H3,(H,24,26). The van der Waals surface area contributed by atoms with E-state index >= 15 is 0 Å². The molecule has 0 spiro atoms. The number of ketones is 1. The van der Waals surface area contributed by atoms with Crippen LogP contribution < -0.4 is 10.1 Å². The van der Waals surface area contributed by atoms with Crippen molar-refractivity contribution in [3.8, 4) is 16.9 Å². The van der Waals surface area contributed by atoms with Crippen molar-refractivity contribution in [3.63, 3.8) is 0 Å². The summed E-state index contributed by atoms with van der Waals surface area (Å²) in [6.45, 7) is 1.54. The Hall–Kier alpha value is -2.70. The van der Waals surface area contributed by atoms with Crippen LogP contribution >= 0.6 is 22.9 Å². The van der Waals surface area contributed by atoms with E-state index in [-0.39, 0.29) is 5.78 Å². The molecule has 0 radical (unpaired) electrons. The normalized spacial score (nSPS) is 18.6. The molecule has 7 heteroatoms. The van der Waals surface area contributed by atoms with E-state index in [1.54, 1.807) is 13.0 Å². The molecule has 0 fully saturated rings. The molecule has 1 aromatic heterocycles. The van der Waals surface area contributed by atoms with Crippen LogP contribution in [0.5, 0.6) is 5.75 Å². The highest BCUT2D eigenvalue weighted by molar-refractivity contribution is 7.21. The number of para-hydroxylation sites is 1. The van der Waals surface area contributed by atoms with Gasteiger partial charge >= 0.3 is 0 Å². The number of anilines is 1. The van der Waals surface area contributed by atoms with Crippen molar-refractivity contribution >= 4 is 39.6 Å². The molecule has 2 heterocycles. The summed E-state index contributed by atoms with van der Waals surface area (Å²) in [4.78, 5) is 26.5. The van der Waals surface area contributed by atoms with Crippen molar-refractivity contribution < 1.29 is 18.7 Å². The van der Waals surface area contributed by atoms with E-state index in [1.807, 2.05) is 18.2 Å². The minimum absolute atomic E-state index is 0.339. The number of nitrogens with one attached hydrogen (secondary N) is 1. The number of Topliss-reactive ketones (excluding diaryl/α,β-unsaturated/α-hetero) is 1. The van der Waals surface area contributed by atoms with Crippen LogP contribution in [-0.4, -0.2) is 18.8 Å². The summed E-state index contributed by atoms with van der Waals surface area (Å²) < 4.78 is 19.2. The van der Waals surface area contributed by atoms with Gasteiger partial charge in [-0.2, -0.15) is 0 Å². The van der Waals surface area contributed by atoms with Crippen LogP contribution in [0.4, 0.5) is 9.39 Å². The van der Waals surface area contributed by atoms with Crippen molar-refractivity contribution in [2.75, 3.05) is 12.4 Å². The number of fused-ring (bicyclic) bond motifs is 1. The highest BCUT2D eigenvalue weighted by Gasteiger charge is 2.49. The average molecular weight is 416 g/mol. The van der Waals surface area contributed by atoms with Crippen LogP contribution in [-0.2, 0) is 10.2 Å². The van der Waals surface area contributed by atoms with Crippen molar-refractivity contribution in [3.05, 3.63) is 69.8 Å². The molecule has 1 unspecified atom stereocenters. The van der Waals surface area contributed by atoms with Gasteiger partial charge in [0.15, 0.2) is 5.78 Å². The molecule has 0 saturated heterocycles. The van der Waals surface area contributed by atoms with Gasteiger partial charge in [-0.05, 0) is 30.7 Å². The number of hydrogen-bond donors (Lipinski definition) is 1. The maximum Gasteiger partial charge on any atom is 0.243 e. The zero-order chi connectivity index (χ0) is 20.1. The first-order valence-electron chi connectivity index (χ1n) is 8.46. The van der Waals surface area contributed by atoms with Crippen LogP contribution in [0.15, 0.2) is 48.5 Å². The smallest absolute Gasteiger partial charge is 0.243 e. The molecule has 1 atom stereocenters. The van der Waals surface area contributed by atoms with Gasteiger partial charge in [0, 0.05) is 11.1 Å². The van der Waals surface area contributed by atoms with Crippen molar-refractivity contribution in [1.82, 2.24) is 0 Å². The number of methoxy groups -OCH3 is 1. The van der Waals surface area contributed by atoms with E-state index in [1.165, 1.54) is 31.4 Å². The lowest BCUT2D eigenvalue weighted by molar-refractivity contribution is -0.119. The second kappa shape index (κ2) is 6.72. The lowest BCUT2D eigenvalue weighted by atomic mass is 9.73. The monoisotopic (exact) mass is 415 g/mol. The lowest BCUT2D eigenvalue weighted by Gasteiger charge is -2.31. The highest BCUT2D eigenvalue weighted by atomic mass is 35.5. The second-order valence-electron chi connectivity index (χ2n) is 6.57. The molecule has 142 valence electrons. The summed E-state index contributed by atoms with van der Waals surface area (Å²) in [7, 11) is 1.54. The van der Waals surface area contributed by atoms with Crippen LogP contribution in [0.2, 0.25) is 4.34 Å². The fourth-order valence-corrected chi connectivity index (χ4v) is 4.79. The Kier molecular flexibility index (Phi) is 4.48. The van der Waals surface area contributed by atoms with Gasteiger partial charge < -0.3 is 10.1 Å². The number of carbonyl (C=O) groups is 2. The van der Waals surface area contributed by atoms with Crippen molar-refractivity contribution in [1.29, 1.82) is 0 Å². The molecule has 1 aliphatic heterocycles. The number of halogens is 2. The molecular formula is C21H15ClFNO3S. The molecule has 1 N–H and O–H groups in total. The van der Waals surface area contributed by atoms with Crippen LogP contribution in [0.3, 0.4) is 0 Å². The third-order valence-electron chi connectivity index (χ3n) is 5.03. The summed E-state index contributed by atoms with van der Waals surface area (Å²) in [6.07, 6.45) is 0. The van der Waals surface area contributed by atoms with Crippen LogP contribution in [0.25, 0.3) is 11.1 Å². The highest BCUT2D eigenvalue weighted by Crippen LogP contribution is 2.50. The topological polar surface area (TPSA) is 55.4 Å². The van der Waals surface area contributed by atoms with Crippen molar-refractivity contribution in [2.24, 2.45) is 0 Å². The molecule has 4 rings (SSSR count). The Morgan fingerprint density at radius 3 is 2.43 bits per heavy atom. The number of ether oxygens (including phenoxy) is 1. The molecule has 0 bridgehead atoms. The Morgan fingerprint density at radius 1 is 1.07 bits per heavy atom. The largest absolute Gasteiger partial charge is 0.496 e. The average Bonchev–Trinajstić information content (AvgIpc) is 3.02. The van der Waals surface area contributed by atoms with Crippen LogP contribution in [0, 0.1) is 5.82 Å². The van der Waals surface area contributed by atoms with Gasteiger partial charge in [0.2, 0.25) is 5.91 Å². The van der Waals surface area contributed by atoms with E-state index in [0.29, 0.717) is 37.3 Å². The number of benzene rings is 2. The van der Waals surface area contributed by atoms with Gasteiger partial charge in [-0.1, -0.05) is 41.9 Å². The Labute approximate surface area is 169 Å².